The van der Waals surface area contributed by atoms with Crippen molar-refractivity contribution in [2.75, 3.05) is 7.11 Å². The average Bonchev–Trinajstić information content (AvgIpc) is 2.57. The van der Waals surface area contributed by atoms with E-state index in [1.54, 1.807) is 12.1 Å². The number of carbonyl (C=O) groups is 1. The summed E-state index contributed by atoms with van der Waals surface area (Å²) < 4.78 is 16.6. The fourth-order valence-corrected chi connectivity index (χ4v) is 2.14. The SMILES string of the molecule is COC(=O)c1ccc(CB2OC(C)(C)C(C)(C)O2)cc1. The Labute approximate surface area is 120 Å². The molecule has 1 aliphatic heterocycles. The predicted octanol–water partition coefficient (Wildman–Crippen LogP) is 2.65. The molecule has 108 valence electrons. The van der Waals surface area contributed by atoms with Crippen LogP contribution in [0.2, 0.25) is 0 Å². The molecule has 0 amide bonds. The second-order valence-electron chi connectivity index (χ2n) is 6.08. The lowest BCUT2D eigenvalue weighted by atomic mass is 9.80. The van der Waals surface area contributed by atoms with E-state index in [9.17, 15) is 4.79 Å². The van der Waals surface area contributed by atoms with Gasteiger partial charge < -0.3 is 14.0 Å². The third-order valence-corrected chi connectivity index (χ3v) is 4.08. The van der Waals surface area contributed by atoms with Gasteiger partial charge in [0.25, 0.3) is 0 Å². The highest BCUT2D eigenvalue weighted by molar-refractivity contribution is 6.45. The Kier molecular flexibility index (Phi) is 3.94. The Hall–Kier alpha value is -1.33. The summed E-state index contributed by atoms with van der Waals surface area (Å²) in [7, 11) is 1.12. The van der Waals surface area contributed by atoms with Crippen LogP contribution in [0, 0.1) is 0 Å². The highest BCUT2D eigenvalue weighted by Crippen LogP contribution is 2.37. The topological polar surface area (TPSA) is 44.8 Å². The van der Waals surface area contributed by atoms with Gasteiger partial charge in [-0.05, 0) is 45.4 Å². The van der Waals surface area contributed by atoms with Crippen LogP contribution in [-0.4, -0.2) is 31.4 Å². The molecule has 0 unspecified atom stereocenters. The first-order valence-corrected chi connectivity index (χ1v) is 6.78. The van der Waals surface area contributed by atoms with E-state index in [2.05, 4.69) is 4.74 Å². The monoisotopic (exact) mass is 276 g/mol. The first kappa shape index (κ1) is 15.1. The van der Waals surface area contributed by atoms with E-state index in [-0.39, 0.29) is 24.3 Å². The molecular formula is C15H21BO4. The molecule has 0 saturated carbocycles. The van der Waals surface area contributed by atoms with Crippen LogP contribution in [0.4, 0.5) is 0 Å². The zero-order valence-electron chi connectivity index (χ0n) is 12.7. The third kappa shape index (κ3) is 2.89. The normalized spacial score (nSPS) is 19.9. The molecule has 0 spiro atoms. The fraction of sp³-hybridized carbons (Fsp3) is 0.533. The molecule has 20 heavy (non-hydrogen) atoms. The van der Waals surface area contributed by atoms with E-state index in [1.807, 2.05) is 39.8 Å². The van der Waals surface area contributed by atoms with Crippen LogP contribution in [-0.2, 0) is 20.4 Å². The standard InChI is InChI=1S/C15H21BO4/c1-14(2)15(3,4)20-16(19-14)10-11-6-8-12(9-7-11)13(17)18-5/h6-9H,10H2,1-5H3. The Morgan fingerprint density at radius 1 is 1.10 bits per heavy atom. The van der Waals surface area contributed by atoms with Crippen molar-refractivity contribution in [3.8, 4) is 0 Å². The van der Waals surface area contributed by atoms with E-state index in [0.29, 0.717) is 11.9 Å². The van der Waals surface area contributed by atoms with Gasteiger partial charge in [-0.3, -0.25) is 0 Å². The first-order chi connectivity index (χ1) is 9.25. The third-order valence-electron chi connectivity index (χ3n) is 4.08. The molecule has 2 rings (SSSR count). The number of rotatable bonds is 3. The summed E-state index contributed by atoms with van der Waals surface area (Å²) in [6.07, 6.45) is 0.661. The number of hydrogen-bond acceptors (Lipinski definition) is 4. The average molecular weight is 276 g/mol. The number of esters is 1. The Bertz CT molecular complexity index is 477. The summed E-state index contributed by atoms with van der Waals surface area (Å²) in [5.41, 5.74) is 0.981. The van der Waals surface area contributed by atoms with Crippen LogP contribution in [0.15, 0.2) is 24.3 Å². The molecule has 0 N–H and O–H groups in total. The number of methoxy groups -OCH3 is 1. The van der Waals surface area contributed by atoms with Gasteiger partial charge in [-0.25, -0.2) is 4.79 Å². The summed E-state index contributed by atoms with van der Waals surface area (Å²) in [5.74, 6) is -0.327. The molecule has 1 aliphatic rings. The van der Waals surface area contributed by atoms with Crippen LogP contribution in [0.1, 0.15) is 43.6 Å². The van der Waals surface area contributed by atoms with Crippen molar-refractivity contribution in [3.63, 3.8) is 0 Å². The minimum Gasteiger partial charge on any atom is -0.465 e. The van der Waals surface area contributed by atoms with Crippen molar-refractivity contribution < 1.29 is 18.8 Å². The van der Waals surface area contributed by atoms with E-state index in [1.165, 1.54) is 7.11 Å². The van der Waals surface area contributed by atoms with Gasteiger partial charge in [0.05, 0.1) is 23.9 Å². The van der Waals surface area contributed by atoms with Crippen molar-refractivity contribution in [1.82, 2.24) is 0 Å². The van der Waals surface area contributed by atoms with Crippen molar-refractivity contribution in [1.29, 1.82) is 0 Å². The summed E-state index contributed by atoms with van der Waals surface area (Å²) in [4.78, 5) is 11.4. The molecule has 1 fully saturated rings. The second kappa shape index (κ2) is 5.22. The quantitative estimate of drug-likeness (QED) is 0.629. The molecule has 1 heterocycles. The number of hydrogen-bond donors (Lipinski definition) is 0. The summed E-state index contributed by atoms with van der Waals surface area (Å²) in [6, 6.07) is 7.31. The van der Waals surface area contributed by atoms with Gasteiger partial charge in [-0.1, -0.05) is 12.1 Å². The van der Waals surface area contributed by atoms with Gasteiger partial charge in [0.1, 0.15) is 0 Å². The Morgan fingerprint density at radius 3 is 2.05 bits per heavy atom. The lowest BCUT2D eigenvalue weighted by Crippen LogP contribution is -2.41. The summed E-state index contributed by atoms with van der Waals surface area (Å²) in [6.45, 7) is 8.14. The minimum absolute atomic E-state index is 0.260. The van der Waals surface area contributed by atoms with Crippen molar-refractivity contribution in [2.45, 2.75) is 45.2 Å². The van der Waals surface area contributed by atoms with Crippen molar-refractivity contribution in [2.24, 2.45) is 0 Å². The molecule has 1 aromatic carbocycles. The molecule has 0 atom stereocenters. The first-order valence-electron chi connectivity index (χ1n) is 6.78. The van der Waals surface area contributed by atoms with Crippen LogP contribution < -0.4 is 0 Å². The van der Waals surface area contributed by atoms with Crippen LogP contribution >= 0.6 is 0 Å². The maximum Gasteiger partial charge on any atom is 0.462 e. The predicted molar refractivity (Wildman–Crippen MR) is 77.6 cm³/mol. The second-order valence-corrected chi connectivity index (χ2v) is 6.08. The largest absolute Gasteiger partial charge is 0.465 e. The zero-order valence-corrected chi connectivity index (χ0v) is 12.7. The smallest absolute Gasteiger partial charge is 0.462 e. The van der Waals surface area contributed by atoms with Gasteiger partial charge in [0, 0.05) is 6.32 Å². The van der Waals surface area contributed by atoms with Gasteiger partial charge in [0.2, 0.25) is 0 Å². The van der Waals surface area contributed by atoms with Crippen molar-refractivity contribution >= 4 is 13.1 Å². The lowest BCUT2D eigenvalue weighted by molar-refractivity contribution is 0.00578. The van der Waals surface area contributed by atoms with Gasteiger partial charge in [-0.15, -0.1) is 0 Å². The number of carbonyl (C=O) groups excluding carboxylic acids is 1. The number of ether oxygens (including phenoxy) is 1. The van der Waals surface area contributed by atoms with Crippen molar-refractivity contribution in [3.05, 3.63) is 35.4 Å². The Morgan fingerprint density at radius 2 is 1.60 bits per heavy atom. The summed E-state index contributed by atoms with van der Waals surface area (Å²) in [5, 5.41) is 0. The molecule has 1 saturated heterocycles. The van der Waals surface area contributed by atoms with Gasteiger partial charge in [-0.2, -0.15) is 0 Å². The van der Waals surface area contributed by atoms with Crippen LogP contribution in [0.5, 0.6) is 0 Å². The van der Waals surface area contributed by atoms with E-state index >= 15 is 0 Å². The van der Waals surface area contributed by atoms with Crippen LogP contribution in [0.3, 0.4) is 0 Å². The van der Waals surface area contributed by atoms with E-state index in [4.69, 9.17) is 9.31 Å². The molecule has 0 radical (unpaired) electrons. The molecule has 0 aliphatic carbocycles. The lowest BCUT2D eigenvalue weighted by Gasteiger charge is -2.32. The molecule has 4 nitrogen and oxygen atoms in total. The molecular weight excluding hydrogens is 255 g/mol. The molecule has 5 heteroatoms. The fourth-order valence-electron chi connectivity index (χ4n) is 2.14. The molecule has 0 bridgehead atoms. The number of benzene rings is 1. The van der Waals surface area contributed by atoms with Crippen LogP contribution in [0.25, 0.3) is 0 Å². The van der Waals surface area contributed by atoms with Gasteiger partial charge in [0.15, 0.2) is 0 Å². The molecule has 1 aromatic rings. The highest BCUT2D eigenvalue weighted by Gasteiger charge is 2.50. The maximum atomic E-state index is 11.4. The van der Waals surface area contributed by atoms with Gasteiger partial charge >= 0.3 is 13.1 Å². The molecule has 0 aromatic heterocycles. The highest BCUT2D eigenvalue weighted by atomic mass is 16.7. The minimum atomic E-state index is -0.327. The zero-order chi connectivity index (χ0) is 15.0. The Balaban J connectivity index is 2.03. The maximum absolute atomic E-state index is 11.4. The van der Waals surface area contributed by atoms with E-state index < -0.39 is 0 Å². The van der Waals surface area contributed by atoms with E-state index in [0.717, 1.165) is 5.56 Å². The summed E-state index contributed by atoms with van der Waals surface area (Å²) >= 11 is 0.